The first-order valence-electron chi connectivity index (χ1n) is 11.6. The summed E-state index contributed by atoms with van der Waals surface area (Å²) in [5.74, 6) is -5.13. The van der Waals surface area contributed by atoms with Crippen LogP contribution in [0.4, 0.5) is 0 Å². The Morgan fingerprint density at radius 3 is 1.94 bits per heavy atom. The average molecular weight is 509 g/mol. The fourth-order valence-electron chi connectivity index (χ4n) is 3.39. The summed E-state index contributed by atoms with van der Waals surface area (Å²) >= 11 is 0. The molecule has 36 heavy (non-hydrogen) atoms. The van der Waals surface area contributed by atoms with Gasteiger partial charge in [0.2, 0.25) is 17.7 Å². The van der Waals surface area contributed by atoms with E-state index in [1.165, 1.54) is 6.92 Å². The van der Waals surface area contributed by atoms with Crippen LogP contribution in [0.25, 0.3) is 0 Å². The van der Waals surface area contributed by atoms with Gasteiger partial charge in [0.25, 0.3) is 0 Å². The Bertz CT molecular complexity index is 907. The molecule has 12 nitrogen and oxygen atoms in total. The highest BCUT2D eigenvalue weighted by atomic mass is 16.4. The number of carboxylic acids is 2. The maximum absolute atomic E-state index is 12.9. The third-order valence-corrected chi connectivity index (χ3v) is 5.30. The zero-order valence-electron chi connectivity index (χ0n) is 20.6. The molecular formula is C24H36N4O8. The van der Waals surface area contributed by atoms with Gasteiger partial charge in [-0.05, 0) is 37.7 Å². The second kappa shape index (κ2) is 14.8. The maximum atomic E-state index is 12.9. The Hall–Kier alpha value is -3.51. The fraction of sp³-hybridized carbons (Fsp3) is 0.542. The van der Waals surface area contributed by atoms with Crippen LogP contribution in [0.3, 0.4) is 0 Å². The first kappa shape index (κ1) is 30.5. The van der Waals surface area contributed by atoms with Gasteiger partial charge in [-0.3, -0.25) is 19.2 Å². The predicted octanol–water partition coefficient (Wildman–Crippen LogP) is -0.613. The number of benzene rings is 1. The SMILES string of the molecule is CC(C)CC(NC(=O)C(CCC(=O)O)NC(=O)C(NC(=O)C(N)Cc1ccccc1)C(C)O)C(=O)O. The quantitative estimate of drug-likeness (QED) is 0.161. The summed E-state index contributed by atoms with van der Waals surface area (Å²) in [6.45, 7) is 4.79. The van der Waals surface area contributed by atoms with E-state index in [9.17, 15) is 34.2 Å². The van der Waals surface area contributed by atoms with Gasteiger partial charge < -0.3 is 37.0 Å². The zero-order chi connectivity index (χ0) is 27.4. The van der Waals surface area contributed by atoms with Crippen molar-refractivity contribution in [2.75, 3.05) is 0 Å². The van der Waals surface area contributed by atoms with Crippen molar-refractivity contribution in [1.29, 1.82) is 0 Å². The van der Waals surface area contributed by atoms with Gasteiger partial charge in [-0.25, -0.2) is 4.79 Å². The number of rotatable bonds is 15. The Kier molecular flexibility index (Phi) is 12.5. The molecule has 1 aromatic rings. The molecule has 3 amide bonds. The van der Waals surface area contributed by atoms with Crippen molar-refractivity contribution >= 4 is 29.7 Å². The number of nitrogens with one attached hydrogen (secondary N) is 3. The van der Waals surface area contributed by atoms with E-state index in [4.69, 9.17) is 10.8 Å². The lowest BCUT2D eigenvalue weighted by atomic mass is 10.0. The molecule has 0 fully saturated rings. The standard InChI is InChI=1S/C24H36N4O8/c1-13(2)11-18(24(35)36)27-22(33)17(9-10-19(30)31)26-23(34)20(14(3)29)28-21(32)16(25)12-15-7-5-4-6-8-15/h4-8,13-14,16-18,20,29H,9-12,25H2,1-3H3,(H,26,34)(H,27,33)(H,28,32)(H,30,31)(H,35,36). The highest BCUT2D eigenvalue weighted by molar-refractivity contribution is 5.94. The molecule has 0 spiro atoms. The average Bonchev–Trinajstić information content (AvgIpc) is 2.79. The number of carbonyl (C=O) groups is 5. The van der Waals surface area contributed by atoms with Gasteiger partial charge >= 0.3 is 11.9 Å². The lowest BCUT2D eigenvalue weighted by molar-refractivity contribution is -0.143. The number of aliphatic hydroxyl groups is 1. The van der Waals surface area contributed by atoms with Crippen LogP contribution >= 0.6 is 0 Å². The van der Waals surface area contributed by atoms with Gasteiger partial charge in [-0.1, -0.05) is 44.2 Å². The smallest absolute Gasteiger partial charge is 0.326 e. The highest BCUT2D eigenvalue weighted by Gasteiger charge is 2.32. The normalized spacial score (nSPS) is 15.2. The molecule has 0 radical (unpaired) electrons. The molecule has 12 heteroatoms. The van der Waals surface area contributed by atoms with Gasteiger partial charge in [0.15, 0.2) is 0 Å². The molecule has 1 aromatic carbocycles. The van der Waals surface area contributed by atoms with E-state index in [1.807, 2.05) is 0 Å². The highest BCUT2D eigenvalue weighted by Crippen LogP contribution is 2.08. The molecule has 8 N–H and O–H groups in total. The van der Waals surface area contributed by atoms with Crippen LogP contribution in [0.1, 0.15) is 45.6 Å². The van der Waals surface area contributed by atoms with Crippen LogP contribution in [0.15, 0.2) is 30.3 Å². The van der Waals surface area contributed by atoms with E-state index in [0.29, 0.717) is 0 Å². The van der Waals surface area contributed by atoms with Crippen molar-refractivity contribution in [2.24, 2.45) is 11.7 Å². The molecule has 5 atom stereocenters. The van der Waals surface area contributed by atoms with E-state index < -0.39 is 66.4 Å². The second-order valence-corrected chi connectivity index (χ2v) is 9.05. The molecule has 0 aromatic heterocycles. The van der Waals surface area contributed by atoms with Crippen LogP contribution in [-0.4, -0.2) is 75.3 Å². The summed E-state index contributed by atoms with van der Waals surface area (Å²) in [7, 11) is 0. The number of carboxylic acid groups (broad SMARTS) is 2. The van der Waals surface area contributed by atoms with Gasteiger partial charge in [0.1, 0.15) is 18.1 Å². The predicted molar refractivity (Wildman–Crippen MR) is 130 cm³/mol. The first-order valence-corrected chi connectivity index (χ1v) is 11.6. The minimum absolute atomic E-state index is 0.0617. The number of nitrogens with two attached hydrogens (primary N) is 1. The largest absolute Gasteiger partial charge is 0.481 e. The van der Waals surface area contributed by atoms with Gasteiger partial charge in [-0.2, -0.15) is 0 Å². The third kappa shape index (κ3) is 10.8. The van der Waals surface area contributed by atoms with Crippen LogP contribution < -0.4 is 21.7 Å². The second-order valence-electron chi connectivity index (χ2n) is 9.05. The Morgan fingerprint density at radius 2 is 1.44 bits per heavy atom. The van der Waals surface area contributed by atoms with Crippen molar-refractivity contribution in [1.82, 2.24) is 16.0 Å². The molecule has 1 rings (SSSR count). The van der Waals surface area contributed by atoms with E-state index in [0.717, 1.165) is 5.56 Å². The van der Waals surface area contributed by atoms with Gasteiger partial charge in [0.05, 0.1) is 12.1 Å². The number of hydrogen-bond acceptors (Lipinski definition) is 7. The van der Waals surface area contributed by atoms with Crippen molar-refractivity contribution < 1.29 is 39.3 Å². The van der Waals surface area contributed by atoms with E-state index in [1.54, 1.807) is 44.2 Å². The number of aliphatic hydroxyl groups excluding tert-OH is 1. The summed E-state index contributed by atoms with van der Waals surface area (Å²) in [4.78, 5) is 60.8. The first-order chi connectivity index (χ1) is 16.8. The summed E-state index contributed by atoms with van der Waals surface area (Å²) in [5.41, 5.74) is 6.73. The molecule has 0 saturated heterocycles. The summed E-state index contributed by atoms with van der Waals surface area (Å²) in [5, 5.41) is 35.5. The summed E-state index contributed by atoms with van der Waals surface area (Å²) in [6.07, 6.45) is -1.92. The number of carbonyl (C=O) groups excluding carboxylic acids is 3. The van der Waals surface area contributed by atoms with Gasteiger partial charge in [-0.15, -0.1) is 0 Å². The van der Waals surface area contributed by atoms with E-state index in [2.05, 4.69) is 16.0 Å². The maximum Gasteiger partial charge on any atom is 0.326 e. The van der Waals surface area contributed by atoms with Crippen molar-refractivity contribution in [3.8, 4) is 0 Å². The topological polar surface area (TPSA) is 208 Å². The van der Waals surface area contributed by atoms with Crippen molar-refractivity contribution in [3.05, 3.63) is 35.9 Å². The molecule has 0 bridgehead atoms. The van der Waals surface area contributed by atoms with Crippen molar-refractivity contribution in [2.45, 2.75) is 76.7 Å². The van der Waals surface area contributed by atoms with Crippen LogP contribution in [0.5, 0.6) is 0 Å². The lowest BCUT2D eigenvalue weighted by Gasteiger charge is -2.26. The van der Waals surface area contributed by atoms with Crippen LogP contribution in [0, 0.1) is 5.92 Å². The van der Waals surface area contributed by atoms with E-state index >= 15 is 0 Å². The molecular weight excluding hydrogens is 472 g/mol. The molecule has 0 saturated carbocycles. The molecule has 200 valence electrons. The Balaban J connectivity index is 2.95. The summed E-state index contributed by atoms with van der Waals surface area (Å²) < 4.78 is 0. The molecule has 5 unspecified atom stereocenters. The fourth-order valence-corrected chi connectivity index (χ4v) is 3.39. The molecule has 0 aliphatic heterocycles. The zero-order valence-corrected chi connectivity index (χ0v) is 20.6. The Morgan fingerprint density at radius 1 is 0.861 bits per heavy atom. The minimum atomic E-state index is -1.50. The summed E-state index contributed by atoms with van der Waals surface area (Å²) in [6, 6.07) is 3.74. The number of hydrogen-bond donors (Lipinski definition) is 7. The van der Waals surface area contributed by atoms with Crippen molar-refractivity contribution in [3.63, 3.8) is 0 Å². The van der Waals surface area contributed by atoms with Gasteiger partial charge in [0, 0.05) is 6.42 Å². The van der Waals surface area contributed by atoms with E-state index in [-0.39, 0.29) is 25.2 Å². The monoisotopic (exact) mass is 508 g/mol. The number of amides is 3. The Labute approximate surface area is 209 Å². The molecule has 0 heterocycles. The van der Waals surface area contributed by atoms with Crippen LogP contribution in [-0.2, 0) is 30.4 Å². The lowest BCUT2D eigenvalue weighted by Crippen LogP contribution is -2.60. The van der Waals surface area contributed by atoms with Crippen LogP contribution in [0.2, 0.25) is 0 Å². The third-order valence-electron chi connectivity index (χ3n) is 5.30. The molecule has 0 aliphatic carbocycles. The molecule has 0 aliphatic rings. The minimum Gasteiger partial charge on any atom is -0.481 e. The number of aliphatic carboxylic acids is 2.